The van der Waals surface area contributed by atoms with Crippen molar-refractivity contribution in [2.24, 2.45) is 5.92 Å². The molecule has 1 saturated heterocycles. The highest BCUT2D eigenvalue weighted by Gasteiger charge is 2.55. The molecule has 1 aromatic carbocycles. The molecular weight excluding hydrogens is 332 g/mol. The molecule has 2 N–H and O–H groups in total. The van der Waals surface area contributed by atoms with Crippen LogP contribution in [0.5, 0.6) is 11.5 Å². The molecule has 0 radical (unpaired) electrons. The van der Waals surface area contributed by atoms with Crippen LogP contribution in [0.1, 0.15) is 34.6 Å². The van der Waals surface area contributed by atoms with Crippen molar-refractivity contribution in [2.75, 3.05) is 7.11 Å². The van der Waals surface area contributed by atoms with E-state index < -0.39 is 53.6 Å². The minimum atomic E-state index is -1.27. The van der Waals surface area contributed by atoms with Crippen molar-refractivity contribution in [3.05, 3.63) is 23.3 Å². The van der Waals surface area contributed by atoms with Gasteiger partial charge in [0.25, 0.3) is 0 Å². The van der Waals surface area contributed by atoms with Crippen molar-refractivity contribution < 1.29 is 38.8 Å². The number of ketones is 2. The summed E-state index contributed by atoms with van der Waals surface area (Å²) in [6.07, 6.45) is -4.54. The van der Waals surface area contributed by atoms with E-state index in [0.29, 0.717) is 0 Å². The first-order chi connectivity index (χ1) is 11.8. The number of phenolic OH excluding ortho intramolecular Hbond substituents is 1. The standard InChI is InChI=1S/C17H18O8/c1-6-13(20)16(25-7(2)18)12-15(22)11-9(14(21)17(12)24-6)4-8(23-3)5-10(11)19/h4-6,12-13,16-17,19-20H,1-3H3/t6-,12+,13-,16+,17+/m0/s1. The zero-order chi connectivity index (χ0) is 18.5. The number of hydrogen-bond acceptors (Lipinski definition) is 8. The van der Waals surface area contributed by atoms with Crippen LogP contribution in [0.25, 0.3) is 0 Å². The third-order valence-corrected chi connectivity index (χ3v) is 4.56. The summed E-state index contributed by atoms with van der Waals surface area (Å²) in [6, 6.07) is 2.57. The average Bonchev–Trinajstić information content (AvgIpc) is 2.55. The van der Waals surface area contributed by atoms with Gasteiger partial charge < -0.3 is 24.4 Å². The number of fused-ring (bicyclic) bond motifs is 2. The molecule has 0 spiro atoms. The van der Waals surface area contributed by atoms with Gasteiger partial charge in [-0.3, -0.25) is 14.4 Å². The highest BCUT2D eigenvalue weighted by atomic mass is 16.6. The third-order valence-electron chi connectivity index (χ3n) is 4.56. The maximum Gasteiger partial charge on any atom is 0.303 e. The van der Waals surface area contributed by atoms with Crippen LogP contribution >= 0.6 is 0 Å². The van der Waals surface area contributed by atoms with Gasteiger partial charge in [-0.2, -0.15) is 0 Å². The first kappa shape index (κ1) is 17.4. The monoisotopic (exact) mass is 350 g/mol. The van der Waals surface area contributed by atoms with E-state index in [9.17, 15) is 24.6 Å². The number of aromatic hydroxyl groups is 1. The molecule has 3 rings (SSSR count). The quantitative estimate of drug-likeness (QED) is 0.739. The van der Waals surface area contributed by atoms with Crippen molar-refractivity contribution in [2.45, 2.75) is 38.3 Å². The minimum Gasteiger partial charge on any atom is -0.507 e. The number of rotatable bonds is 2. The van der Waals surface area contributed by atoms with Gasteiger partial charge in [0.05, 0.1) is 24.7 Å². The van der Waals surface area contributed by atoms with Gasteiger partial charge in [0.2, 0.25) is 0 Å². The number of methoxy groups -OCH3 is 1. The minimum absolute atomic E-state index is 0.0201. The molecule has 0 bridgehead atoms. The number of aliphatic hydroxyl groups excluding tert-OH is 1. The topological polar surface area (TPSA) is 119 Å². The summed E-state index contributed by atoms with van der Waals surface area (Å²) < 4.78 is 15.7. The Labute approximate surface area is 143 Å². The SMILES string of the molecule is COc1cc(O)c2c(c1)C(=O)[C@@H]1O[C@@H](C)[C@H](O)[C@H](OC(C)=O)[C@H]1C2=O. The predicted molar refractivity (Wildman–Crippen MR) is 82.7 cm³/mol. The van der Waals surface area contributed by atoms with Gasteiger partial charge >= 0.3 is 5.97 Å². The number of Topliss-reactive ketones (excluding diaryl/α,β-unsaturated/α-hetero) is 2. The Morgan fingerprint density at radius 2 is 1.92 bits per heavy atom. The number of ether oxygens (including phenoxy) is 3. The molecule has 8 heteroatoms. The molecule has 25 heavy (non-hydrogen) atoms. The fraction of sp³-hybridized carbons (Fsp3) is 0.471. The van der Waals surface area contributed by atoms with E-state index >= 15 is 0 Å². The molecule has 0 unspecified atom stereocenters. The maximum absolute atomic E-state index is 12.9. The van der Waals surface area contributed by atoms with Crippen molar-refractivity contribution >= 4 is 17.5 Å². The van der Waals surface area contributed by atoms with E-state index in [1.165, 1.54) is 26.2 Å². The van der Waals surface area contributed by atoms with E-state index in [1.54, 1.807) is 0 Å². The van der Waals surface area contributed by atoms with Gasteiger partial charge in [-0.15, -0.1) is 0 Å². The van der Waals surface area contributed by atoms with Gasteiger partial charge in [-0.05, 0) is 13.0 Å². The maximum atomic E-state index is 12.9. The molecule has 1 fully saturated rings. The fourth-order valence-electron chi connectivity index (χ4n) is 3.39. The molecular formula is C17H18O8. The summed E-state index contributed by atoms with van der Waals surface area (Å²) >= 11 is 0. The van der Waals surface area contributed by atoms with Crippen LogP contribution in [0.15, 0.2) is 12.1 Å². The molecule has 2 aliphatic rings. The zero-order valence-electron chi connectivity index (χ0n) is 13.9. The lowest BCUT2D eigenvalue weighted by atomic mass is 9.73. The highest BCUT2D eigenvalue weighted by Crippen LogP contribution is 2.41. The van der Waals surface area contributed by atoms with E-state index in [0.717, 1.165) is 6.92 Å². The molecule has 134 valence electrons. The summed E-state index contributed by atoms with van der Waals surface area (Å²) in [4.78, 5) is 37.1. The van der Waals surface area contributed by atoms with Crippen molar-refractivity contribution in [3.8, 4) is 11.5 Å². The molecule has 0 amide bonds. The molecule has 5 atom stereocenters. The second kappa shape index (κ2) is 6.12. The molecule has 0 saturated carbocycles. The molecule has 8 nitrogen and oxygen atoms in total. The largest absolute Gasteiger partial charge is 0.507 e. The number of carbonyl (C=O) groups excluding carboxylic acids is 3. The van der Waals surface area contributed by atoms with Gasteiger partial charge in [-0.25, -0.2) is 0 Å². The number of phenols is 1. The van der Waals surface area contributed by atoms with E-state index in [-0.39, 0.29) is 16.9 Å². The van der Waals surface area contributed by atoms with Crippen LogP contribution in [-0.2, 0) is 14.3 Å². The molecule has 1 aliphatic carbocycles. The Morgan fingerprint density at radius 3 is 2.52 bits per heavy atom. The molecule has 1 aromatic rings. The number of hydrogen-bond donors (Lipinski definition) is 2. The lowest BCUT2D eigenvalue weighted by molar-refractivity contribution is -0.193. The summed E-state index contributed by atoms with van der Waals surface area (Å²) in [5, 5.41) is 20.4. The average molecular weight is 350 g/mol. The van der Waals surface area contributed by atoms with Crippen LogP contribution in [0.2, 0.25) is 0 Å². The van der Waals surface area contributed by atoms with E-state index in [2.05, 4.69) is 0 Å². The van der Waals surface area contributed by atoms with Crippen LogP contribution in [-0.4, -0.2) is 59.3 Å². The Bertz CT molecular complexity index is 755. The van der Waals surface area contributed by atoms with E-state index in [1.807, 2.05) is 0 Å². The summed E-state index contributed by atoms with van der Waals surface area (Å²) in [5.74, 6) is -3.28. The van der Waals surface area contributed by atoms with E-state index in [4.69, 9.17) is 14.2 Å². The van der Waals surface area contributed by atoms with Crippen LogP contribution in [0.4, 0.5) is 0 Å². The van der Waals surface area contributed by atoms with Crippen molar-refractivity contribution in [1.82, 2.24) is 0 Å². The fourth-order valence-corrected chi connectivity index (χ4v) is 3.39. The first-order valence-corrected chi connectivity index (χ1v) is 7.76. The summed E-state index contributed by atoms with van der Waals surface area (Å²) in [7, 11) is 1.37. The summed E-state index contributed by atoms with van der Waals surface area (Å²) in [6.45, 7) is 2.67. The zero-order valence-corrected chi connectivity index (χ0v) is 13.9. The lowest BCUT2D eigenvalue weighted by Crippen LogP contribution is -2.61. The Kier molecular flexibility index (Phi) is 4.26. The smallest absolute Gasteiger partial charge is 0.303 e. The van der Waals surface area contributed by atoms with Gasteiger partial charge in [-0.1, -0.05) is 0 Å². The number of benzene rings is 1. The second-order valence-electron chi connectivity index (χ2n) is 6.15. The first-order valence-electron chi connectivity index (χ1n) is 7.76. The van der Waals surface area contributed by atoms with Gasteiger partial charge in [0.15, 0.2) is 11.6 Å². The lowest BCUT2D eigenvalue weighted by Gasteiger charge is -2.44. The molecule has 0 aromatic heterocycles. The van der Waals surface area contributed by atoms with Crippen LogP contribution < -0.4 is 4.74 Å². The highest BCUT2D eigenvalue weighted by molar-refractivity contribution is 6.19. The number of esters is 1. The van der Waals surface area contributed by atoms with Gasteiger partial charge in [0.1, 0.15) is 29.8 Å². The van der Waals surface area contributed by atoms with Crippen LogP contribution in [0.3, 0.4) is 0 Å². The number of carbonyl (C=O) groups is 3. The van der Waals surface area contributed by atoms with Crippen LogP contribution in [0, 0.1) is 5.92 Å². The van der Waals surface area contributed by atoms with Gasteiger partial charge in [0, 0.05) is 18.6 Å². The predicted octanol–water partition coefficient (Wildman–Crippen LogP) is 0.476. The Morgan fingerprint density at radius 1 is 1.24 bits per heavy atom. The Hall–Kier alpha value is -2.45. The number of aliphatic hydroxyl groups is 1. The second-order valence-corrected chi connectivity index (χ2v) is 6.15. The third kappa shape index (κ3) is 2.67. The molecule has 1 aliphatic heterocycles. The molecule has 1 heterocycles. The summed E-state index contributed by atoms with van der Waals surface area (Å²) in [5.41, 5.74) is -0.206. The van der Waals surface area contributed by atoms with Crippen molar-refractivity contribution in [1.29, 1.82) is 0 Å². The van der Waals surface area contributed by atoms with Crippen molar-refractivity contribution in [3.63, 3.8) is 0 Å². The Balaban J connectivity index is 2.14. The normalized spacial score (nSPS) is 31.1.